The van der Waals surface area contributed by atoms with Crippen LogP contribution in [0.4, 0.5) is 0 Å². The largest absolute Gasteiger partial charge is 0.0625 e. The second-order valence-corrected chi connectivity index (χ2v) is 7.79. The number of hydrogen-bond acceptors (Lipinski definition) is 0. The Kier molecular flexibility index (Phi) is 1.91. The molecule has 0 heteroatoms. The highest BCUT2D eigenvalue weighted by Gasteiger charge is 2.61. The molecule has 8 atom stereocenters. The van der Waals surface area contributed by atoms with Crippen LogP contribution in [0.2, 0.25) is 0 Å². The van der Waals surface area contributed by atoms with Gasteiger partial charge in [0.1, 0.15) is 0 Å². The minimum absolute atomic E-state index is 0.941. The van der Waals surface area contributed by atoms with Crippen molar-refractivity contribution >= 4 is 0 Å². The molecular formula is C16H26. The van der Waals surface area contributed by atoms with Crippen molar-refractivity contribution in [1.82, 2.24) is 0 Å². The molecule has 0 nitrogen and oxygen atoms in total. The summed E-state index contributed by atoms with van der Waals surface area (Å²) in [4.78, 5) is 0. The Hall–Kier alpha value is 0. The fourth-order valence-electron chi connectivity index (χ4n) is 5.43. The fraction of sp³-hybridized carbons (Fsp3) is 1.00. The van der Waals surface area contributed by atoms with Crippen LogP contribution in [0.25, 0.3) is 0 Å². The van der Waals surface area contributed by atoms with Gasteiger partial charge in [-0.15, -0.1) is 0 Å². The van der Waals surface area contributed by atoms with Crippen LogP contribution in [0, 0.1) is 53.3 Å². The van der Waals surface area contributed by atoms with Crippen LogP contribution in [0.1, 0.15) is 46.5 Å². The molecule has 4 rings (SSSR count). The molecule has 0 N–H and O–H groups in total. The molecule has 4 aliphatic rings. The lowest BCUT2D eigenvalue weighted by molar-refractivity contribution is 0.0634. The SMILES string of the molecule is CC(C)C(CC1C(C)C2CC12)C1CC2CC21. The van der Waals surface area contributed by atoms with Crippen LogP contribution in [0.5, 0.6) is 0 Å². The summed E-state index contributed by atoms with van der Waals surface area (Å²) in [5, 5.41) is 0. The highest BCUT2D eigenvalue weighted by atomic mass is 14.7. The molecule has 0 bridgehead atoms. The quantitative estimate of drug-likeness (QED) is 0.663. The molecule has 0 aromatic rings. The predicted molar refractivity (Wildman–Crippen MR) is 66.9 cm³/mol. The van der Waals surface area contributed by atoms with Crippen LogP contribution >= 0.6 is 0 Å². The third-order valence-corrected chi connectivity index (χ3v) is 6.84. The van der Waals surface area contributed by atoms with Crippen LogP contribution in [-0.4, -0.2) is 0 Å². The highest BCUT2D eigenvalue weighted by Crippen LogP contribution is 2.68. The molecule has 4 saturated carbocycles. The fourth-order valence-corrected chi connectivity index (χ4v) is 5.43. The third kappa shape index (κ3) is 1.22. The molecule has 0 aromatic heterocycles. The summed E-state index contributed by atoms with van der Waals surface area (Å²) in [7, 11) is 0. The lowest BCUT2D eigenvalue weighted by atomic mass is 9.63. The Morgan fingerprint density at radius 2 is 1.81 bits per heavy atom. The van der Waals surface area contributed by atoms with Crippen molar-refractivity contribution in [3.63, 3.8) is 0 Å². The Labute approximate surface area is 100 Å². The van der Waals surface area contributed by atoms with E-state index in [2.05, 4.69) is 20.8 Å². The first-order chi connectivity index (χ1) is 7.66. The maximum atomic E-state index is 2.52. The van der Waals surface area contributed by atoms with E-state index in [9.17, 15) is 0 Å². The van der Waals surface area contributed by atoms with Crippen molar-refractivity contribution in [3.8, 4) is 0 Å². The molecule has 0 spiro atoms. The molecule has 0 heterocycles. The highest BCUT2D eigenvalue weighted by molar-refractivity contribution is 5.10. The smallest absolute Gasteiger partial charge is 0.0349 e. The number of hydrogen-bond donors (Lipinski definition) is 0. The zero-order valence-corrected chi connectivity index (χ0v) is 11.0. The van der Waals surface area contributed by atoms with E-state index in [-0.39, 0.29) is 0 Å². The van der Waals surface area contributed by atoms with E-state index in [4.69, 9.17) is 0 Å². The third-order valence-electron chi connectivity index (χ3n) is 6.84. The van der Waals surface area contributed by atoms with Gasteiger partial charge in [0.05, 0.1) is 0 Å². The molecule has 0 aromatic carbocycles. The molecular weight excluding hydrogens is 192 g/mol. The maximum absolute atomic E-state index is 2.52. The van der Waals surface area contributed by atoms with Crippen LogP contribution in [0.3, 0.4) is 0 Å². The summed E-state index contributed by atoms with van der Waals surface area (Å²) in [5.41, 5.74) is 0. The zero-order valence-electron chi connectivity index (χ0n) is 11.0. The Bertz CT molecular complexity index is 305. The van der Waals surface area contributed by atoms with E-state index >= 15 is 0 Å². The van der Waals surface area contributed by atoms with Crippen LogP contribution in [0.15, 0.2) is 0 Å². The van der Waals surface area contributed by atoms with Crippen molar-refractivity contribution in [2.24, 2.45) is 53.3 Å². The molecule has 4 fully saturated rings. The van der Waals surface area contributed by atoms with E-state index in [1.165, 1.54) is 23.7 Å². The van der Waals surface area contributed by atoms with Gasteiger partial charge in [-0.3, -0.25) is 0 Å². The minimum atomic E-state index is 0.941. The van der Waals surface area contributed by atoms with Crippen molar-refractivity contribution in [1.29, 1.82) is 0 Å². The molecule has 0 aliphatic heterocycles. The molecule has 8 unspecified atom stereocenters. The lowest BCUT2D eigenvalue weighted by Gasteiger charge is -2.42. The van der Waals surface area contributed by atoms with Gasteiger partial charge in [0.2, 0.25) is 0 Å². The van der Waals surface area contributed by atoms with Crippen molar-refractivity contribution < 1.29 is 0 Å². The van der Waals surface area contributed by atoms with E-state index < -0.39 is 0 Å². The molecule has 0 radical (unpaired) electrons. The molecule has 16 heavy (non-hydrogen) atoms. The van der Waals surface area contributed by atoms with Crippen LogP contribution in [-0.2, 0) is 0 Å². The first-order valence-electron chi connectivity index (χ1n) is 7.66. The number of rotatable bonds is 4. The first kappa shape index (κ1) is 9.97. The second kappa shape index (κ2) is 3.06. The topological polar surface area (TPSA) is 0 Å². The van der Waals surface area contributed by atoms with Gasteiger partial charge in [0, 0.05) is 0 Å². The van der Waals surface area contributed by atoms with Gasteiger partial charge in [-0.1, -0.05) is 20.8 Å². The average molecular weight is 218 g/mol. The van der Waals surface area contributed by atoms with Gasteiger partial charge in [0.25, 0.3) is 0 Å². The van der Waals surface area contributed by atoms with Gasteiger partial charge in [-0.2, -0.15) is 0 Å². The van der Waals surface area contributed by atoms with E-state index in [0.29, 0.717) is 0 Å². The summed E-state index contributed by atoms with van der Waals surface area (Å²) in [6.45, 7) is 7.49. The molecule has 0 saturated heterocycles. The summed E-state index contributed by atoms with van der Waals surface area (Å²) < 4.78 is 0. The van der Waals surface area contributed by atoms with E-state index in [1.807, 2.05) is 0 Å². The minimum Gasteiger partial charge on any atom is -0.0625 e. The Balaban J connectivity index is 1.42. The summed E-state index contributed by atoms with van der Waals surface area (Å²) in [6, 6.07) is 0. The van der Waals surface area contributed by atoms with Gasteiger partial charge in [-0.05, 0) is 78.9 Å². The van der Waals surface area contributed by atoms with Crippen molar-refractivity contribution in [2.45, 2.75) is 46.5 Å². The van der Waals surface area contributed by atoms with E-state index in [0.717, 1.165) is 29.6 Å². The first-order valence-corrected chi connectivity index (χ1v) is 7.66. The van der Waals surface area contributed by atoms with Gasteiger partial charge >= 0.3 is 0 Å². The maximum Gasteiger partial charge on any atom is -0.0349 e. The van der Waals surface area contributed by atoms with Gasteiger partial charge in [0.15, 0.2) is 0 Å². The second-order valence-electron chi connectivity index (χ2n) is 7.79. The molecule has 90 valence electrons. The zero-order chi connectivity index (χ0) is 11.0. The Morgan fingerprint density at radius 1 is 1.00 bits per heavy atom. The monoisotopic (exact) mass is 218 g/mol. The van der Waals surface area contributed by atoms with Gasteiger partial charge in [-0.25, -0.2) is 0 Å². The standard InChI is InChI=1S/C16H26/c1-8(2)11(15-5-10-4-14(10)15)6-12-9(3)13-7-16(12)13/h8-16H,4-7H2,1-3H3. The van der Waals surface area contributed by atoms with E-state index in [1.54, 1.807) is 25.7 Å². The average Bonchev–Trinajstić information content (AvgIpc) is 3.07. The van der Waals surface area contributed by atoms with Crippen LogP contribution < -0.4 is 0 Å². The summed E-state index contributed by atoms with van der Waals surface area (Å²) in [5.74, 6) is 10.1. The Morgan fingerprint density at radius 3 is 2.25 bits per heavy atom. The molecule has 4 aliphatic carbocycles. The summed E-state index contributed by atoms with van der Waals surface area (Å²) >= 11 is 0. The molecule has 0 amide bonds. The van der Waals surface area contributed by atoms with Crippen molar-refractivity contribution in [3.05, 3.63) is 0 Å². The normalized spacial score (nSPS) is 58.1. The summed E-state index contributed by atoms with van der Waals surface area (Å²) in [6.07, 6.45) is 6.38. The van der Waals surface area contributed by atoms with Crippen molar-refractivity contribution in [2.75, 3.05) is 0 Å². The predicted octanol–water partition coefficient (Wildman–Crippen LogP) is 4.21. The lowest BCUT2D eigenvalue weighted by Crippen LogP contribution is -2.36. The van der Waals surface area contributed by atoms with Gasteiger partial charge < -0.3 is 0 Å². The number of fused-ring (bicyclic) bond motifs is 2.